The van der Waals surface area contributed by atoms with Crippen molar-refractivity contribution in [1.82, 2.24) is 5.32 Å². The Morgan fingerprint density at radius 3 is 2.93 bits per heavy atom. The van der Waals surface area contributed by atoms with E-state index in [0.717, 1.165) is 39.3 Å². The van der Waals surface area contributed by atoms with Crippen LogP contribution in [0.1, 0.15) is 26.2 Å². The molecule has 1 N–H and O–H groups in total. The highest BCUT2D eigenvalue weighted by Gasteiger charge is 2.32. The molecule has 0 aromatic heterocycles. The SMILES string of the molecule is CCCNCC1(COC)CCCOC1. The van der Waals surface area contributed by atoms with Crippen molar-refractivity contribution in [3.8, 4) is 0 Å². The first-order valence-corrected chi connectivity index (χ1v) is 5.60. The maximum Gasteiger partial charge on any atom is 0.0556 e. The Morgan fingerprint density at radius 1 is 1.50 bits per heavy atom. The van der Waals surface area contributed by atoms with Crippen molar-refractivity contribution in [2.45, 2.75) is 26.2 Å². The van der Waals surface area contributed by atoms with Crippen molar-refractivity contribution >= 4 is 0 Å². The largest absolute Gasteiger partial charge is 0.384 e. The van der Waals surface area contributed by atoms with E-state index in [1.165, 1.54) is 12.8 Å². The summed E-state index contributed by atoms with van der Waals surface area (Å²) in [4.78, 5) is 0. The summed E-state index contributed by atoms with van der Waals surface area (Å²) < 4.78 is 10.8. The molecule has 0 saturated carbocycles. The minimum Gasteiger partial charge on any atom is -0.384 e. The van der Waals surface area contributed by atoms with E-state index in [-0.39, 0.29) is 5.41 Å². The van der Waals surface area contributed by atoms with Gasteiger partial charge in [0, 0.05) is 25.7 Å². The quantitative estimate of drug-likeness (QED) is 0.659. The summed E-state index contributed by atoms with van der Waals surface area (Å²) in [6.45, 7) is 6.87. The maximum absolute atomic E-state index is 5.55. The Balaban J connectivity index is 2.34. The van der Waals surface area contributed by atoms with Crippen LogP contribution >= 0.6 is 0 Å². The van der Waals surface area contributed by atoms with Crippen molar-refractivity contribution in [2.75, 3.05) is 40.0 Å². The van der Waals surface area contributed by atoms with Crippen LogP contribution in [0.3, 0.4) is 0 Å². The molecule has 0 amide bonds. The summed E-state index contributed by atoms with van der Waals surface area (Å²) in [7, 11) is 1.77. The first kappa shape index (κ1) is 12.0. The van der Waals surface area contributed by atoms with Crippen LogP contribution in [0.25, 0.3) is 0 Å². The van der Waals surface area contributed by atoms with E-state index in [4.69, 9.17) is 9.47 Å². The van der Waals surface area contributed by atoms with Gasteiger partial charge in [0.1, 0.15) is 0 Å². The molecule has 1 aliphatic heterocycles. The number of methoxy groups -OCH3 is 1. The molecular weight excluding hydrogens is 178 g/mol. The smallest absolute Gasteiger partial charge is 0.0556 e. The highest BCUT2D eigenvalue weighted by Crippen LogP contribution is 2.28. The monoisotopic (exact) mass is 201 g/mol. The molecule has 3 nitrogen and oxygen atoms in total. The van der Waals surface area contributed by atoms with Crippen LogP contribution in [0.4, 0.5) is 0 Å². The van der Waals surface area contributed by atoms with E-state index < -0.39 is 0 Å². The van der Waals surface area contributed by atoms with Crippen LogP contribution in [0.15, 0.2) is 0 Å². The van der Waals surface area contributed by atoms with Gasteiger partial charge < -0.3 is 14.8 Å². The van der Waals surface area contributed by atoms with Gasteiger partial charge >= 0.3 is 0 Å². The van der Waals surface area contributed by atoms with Crippen LogP contribution in [-0.4, -0.2) is 40.0 Å². The second kappa shape index (κ2) is 6.38. The molecule has 0 bridgehead atoms. The Hall–Kier alpha value is -0.120. The van der Waals surface area contributed by atoms with Gasteiger partial charge in [-0.1, -0.05) is 6.92 Å². The van der Waals surface area contributed by atoms with Gasteiger partial charge in [0.25, 0.3) is 0 Å². The Labute approximate surface area is 87.2 Å². The number of hydrogen-bond acceptors (Lipinski definition) is 3. The normalized spacial score (nSPS) is 27.9. The molecule has 1 atom stereocenters. The fourth-order valence-electron chi connectivity index (χ4n) is 2.05. The van der Waals surface area contributed by atoms with Crippen LogP contribution in [0, 0.1) is 5.41 Å². The topological polar surface area (TPSA) is 30.5 Å². The Bertz CT molecular complexity index is 139. The second-order valence-electron chi connectivity index (χ2n) is 4.27. The van der Waals surface area contributed by atoms with Crippen LogP contribution in [0.2, 0.25) is 0 Å². The molecule has 1 fully saturated rings. The third-order valence-corrected chi connectivity index (χ3v) is 2.78. The lowest BCUT2D eigenvalue weighted by Crippen LogP contribution is -2.44. The van der Waals surface area contributed by atoms with Gasteiger partial charge in [-0.15, -0.1) is 0 Å². The summed E-state index contributed by atoms with van der Waals surface area (Å²) in [5.74, 6) is 0. The summed E-state index contributed by atoms with van der Waals surface area (Å²) in [6, 6.07) is 0. The molecule has 0 spiro atoms. The second-order valence-corrected chi connectivity index (χ2v) is 4.27. The fourth-order valence-corrected chi connectivity index (χ4v) is 2.05. The lowest BCUT2D eigenvalue weighted by atomic mass is 9.83. The first-order valence-electron chi connectivity index (χ1n) is 5.60. The number of hydrogen-bond donors (Lipinski definition) is 1. The first-order chi connectivity index (χ1) is 6.83. The minimum atomic E-state index is 0.224. The van der Waals surface area contributed by atoms with E-state index in [1.54, 1.807) is 7.11 Å². The zero-order valence-electron chi connectivity index (χ0n) is 9.47. The summed E-state index contributed by atoms with van der Waals surface area (Å²) >= 11 is 0. The van der Waals surface area contributed by atoms with Gasteiger partial charge in [0.05, 0.1) is 13.2 Å². The predicted molar refractivity (Wildman–Crippen MR) is 57.5 cm³/mol. The third kappa shape index (κ3) is 3.56. The molecule has 84 valence electrons. The molecule has 1 saturated heterocycles. The molecular formula is C11H23NO2. The molecule has 1 heterocycles. The lowest BCUT2D eigenvalue weighted by Gasteiger charge is -2.36. The molecule has 3 heteroatoms. The van der Waals surface area contributed by atoms with Crippen LogP contribution in [-0.2, 0) is 9.47 Å². The number of ether oxygens (including phenoxy) is 2. The minimum absolute atomic E-state index is 0.224. The van der Waals surface area contributed by atoms with E-state index in [1.807, 2.05) is 0 Å². The highest BCUT2D eigenvalue weighted by atomic mass is 16.5. The van der Waals surface area contributed by atoms with Gasteiger partial charge in [0.15, 0.2) is 0 Å². The van der Waals surface area contributed by atoms with Gasteiger partial charge in [0.2, 0.25) is 0 Å². The van der Waals surface area contributed by atoms with Crippen LogP contribution in [0.5, 0.6) is 0 Å². The summed E-state index contributed by atoms with van der Waals surface area (Å²) in [5, 5.41) is 3.47. The fraction of sp³-hybridized carbons (Fsp3) is 1.00. The van der Waals surface area contributed by atoms with E-state index in [9.17, 15) is 0 Å². The van der Waals surface area contributed by atoms with Crippen molar-refractivity contribution in [2.24, 2.45) is 5.41 Å². The van der Waals surface area contributed by atoms with Crippen molar-refractivity contribution in [3.05, 3.63) is 0 Å². The average Bonchev–Trinajstić information content (AvgIpc) is 2.20. The van der Waals surface area contributed by atoms with Crippen molar-refractivity contribution in [3.63, 3.8) is 0 Å². The molecule has 0 aromatic rings. The summed E-state index contributed by atoms with van der Waals surface area (Å²) in [5.41, 5.74) is 0.224. The molecule has 0 aromatic carbocycles. The van der Waals surface area contributed by atoms with E-state index in [0.29, 0.717) is 0 Å². The zero-order valence-corrected chi connectivity index (χ0v) is 9.47. The third-order valence-electron chi connectivity index (χ3n) is 2.78. The molecule has 1 aliphatic rings. The molecule has 1 unspecified atom stereocenters. The average molecular weight is 201 g/mol. The van der Waals surface area contributed by atoms with E-state index in [2.05, 4.69) is 12.2 Å². The number of rotatable bonds is 6. The van der Waals surface area contributed by atoms with Gasteiger partial charge in [-0.05, 0) is 25.8 Å². The maximum atomic E-state index is 5.55. The Kier molecular flexibility index (Phi) is 5.45. The highest BCUT2D eigenvalue weighted by molar-refractivity contribution is 4.83. The Morgan fingerprint density at radius 2 is 2.36 bits per heavy atom. The van der Waals surface area contributed by atoms with E-state index >= 15 is 0 Å². The molecule has 1 rings (SSSR count). The van der Waals surface area contributed by atoms with Crippen LogP contribution < -0.4 is 5.32 Å². The number of nitrogens with one attached hydrogen (secondary N) is 1. The predicted octanol–water partition coefficient (Wildman–Crippen LogP) is 1.43. The van der Waals surface area contributed by atoms with Gasteiger partial charge in [-0.3, -0.25) is 0 Å². The standard InChI is InChI=1S/C11H23NO2/c1-3-6-12-8-11(9-13-2)5-4-7-14-10-11/h12H,3-10H2,1-2H3. The van der Waals surface area contributed by atoms with Gasteiger partial charge in [-0.2, -0.15) is 0 Å². The van der Waals surface area contributed by atoms with Crippen molar-refractivity contribution < 1.29 is 9.47 Å². The lowest BCUT2D eigenvalue weighted by molar-refractivity contribution is -0.0474. The zero-order chi connectivity index (χ0) is 10.3. The van der Waals surface area contributed by atoms with Crippen molar-refractivity contribution in [1.29, 1.82) is 0 Å². The molecule has 0 aliphatic carbocycles. The molecule has 14 heavy (non-hydrogen) atoms. The molecule has 0 radical (unpaired) electrons. The summed E-state index contributed by atoms with van der Waals surface area (Å²) in [6.07, 6.45) is 3.57. The van der Waals surface area contributed by atoms with Gasteiger partial charge in [-0.25, -0.2) is 0 Å².